The summed E-state index contributed by atoms with van der Waals surface area (Å²) in [6, 6.07) is 0. The molecule has 0 N–H and O–H groups in total. The number of ketones is 2. The highest BCUT2D eigenvalue weighted by atomic mass is 16.1. The lowest BCUT2D eigenvalue weighted by Gasteiger charge is -2.13. The van der Waals surface area contributed by atoms with Crippen molar-refractivity contribution >= 4 is 11.6 Å². The summed E-state index contributed by atoms with van der Waals surface area (Å²) in [6.45, 7) is 6.04. The average molecular weight is 212 g/mol. The Kier molecular flexibility index (Phi) is 8.25. The molecule has 0 spiro atoms. The van der Waals surface area contributed by atoms with Gasteiger partial charge in [0.1, 0.15) is 11.6 Å². The quantitative estimate of drug-likeness (QED) is 0.548. The Bertz CT molecular complexity index is 197. The third kappa shape index (κ3) is 6.43. The number of unbranched alkanes of at least 4 members (excludes halogenated alkanes) is 1. The van der Waals surface area contributed by atoms with Crippen LogP contribution in [0.4, 0.5) is 0 Å². The molecule has 0 aliphatic heterocycles. The van der Waals surface area contributed by atoms with Crippen molar-refractivity contribution in [3.05, 3.63) is 0 Å². The average Bonchev–Trinajstić information content (AvgIpc) is 2.23. The van der Waals surface area contributed by atoms with E-state index < -0.39 is 0 Å². The summed E-state index contributed by atoms with van der Waals surface area (Å²) in [6.07, 6.45) is 5.78. The summed E-state index contributed by atoms with van der Waals surface area (Å²) < 4.78 is 0. The zero-order valence-corrected chi connectivity index (χ0v) is 10.3. The summed E-state index contributed by atoms with van der Waals surface area (Å²) in [5.41, 5.74) is 0. The molecular weight excluding hydrogens is 188 g/mol. The van der Waals surface area contributed by atoms with Crippen LogP contribution in [0.2, 0.25) is 0 Å². The van der Waals surface area contributed by atoms with E-state index in [0.29, 0.717) is 6.42 Å². The highest BCUT2D eigenvalue weighted by molar-refractivity contribution is 5.99. The van der Waals surface area contributed by atoms with Crippen LogP contribution in [0, 0.1) is 5.92 Å². The first kappa shape index (κ1) is 14.3. The molecule has 1 unspecified atom stereocenters. The molecule has 0 aliphatic rings. The fourth-order valence-corrected chi connectivity index (χ4v) is 1.73. The molecule has 1 atom stereocenters. The van der Waals surface area contributed by atoms with E-state index in [0.717, 1.165) is 32.1 Å². The highest BCUT2D eigenvalue weighted by Crippen LogP contribution is 2.17. The highest BCUT2D eigenvalue weighted by Gasteiger charge is 2.18. The van der Waals surface area contributed by atoms with Gasteiger partial charge in [-0.25, -0.2) is 0 Å². The van der Waals surface area contributed by atoms with Crippen LogP contribution in [0.3, 0.4) is 0 Å². The van der Waals surface area contributed by atoms with Crippen LogP contribution in [0.5, 0.6) is 0 Å². The van der Waals surface area contributed by atoms with E-state index in [2.05, 4.69) is 13.8 Å². The van der Waals surface area contributed by atoms with E-state index in [1.807, 2.05) is 6.92 Å². The summed E-state index contributed by atoms with van der Waals surface area (Å²) in [4.78, 5) is 23.0. The van der Waals surface area contributed by atoms with Crippen molar-refractivity contribution in [1.82, 2.24) is 0 Å². The molecule has 0 heterocycles. The number of carbonyl (C=O) groups is 2. The van der Waals surface area contributed by atoms with E-state index in [4.69, 9.17) is 0 Å². The van der Waals surface area contributed by atoms with Gasteiger partial charge in [-0.15, -0.1) is 0 Å². The van der Waals surface area contributed by atoms with Crippen LogP contribution in [0.25, 0.3) is 0 Å². The van der Waals surface area contributed by atoms with Crippen LogP contribution in [-0.2, 0) is 9.59 Å². The summed E-state index contributed by atoms with van der Waals surface area (Å²) in [7, 11) is 0. The van der Waals surface area contributed by atoms with Crippen molar-refractivity contribution in [1.29, 1.82) is 0 Å². The Labute approximate surface area is 93.4 Å². The van der Waals surface area contributed by atoms with Crippen molar-refractivity contribution < 1.29 is 9.59 Å². The molecule has 0 rings (SSSR count). The van der Waals surface area contributed by atoms with Gasteiger partial charge in [-0.2, -0.15) is 0 Å². The first-order chi connectivity index (χ1) is 7.15. The lowest BCUT2D eigenvalue weighted by atomic mass is 9.90. The largest absolute Gasteiger partial charge is 0.299 e. The van der Waals surface area contributed by atoms with E-state index >= 15 is 0 Å². The van der Waals surface area contributed by atoms with Gasteiger partial charge in [-0.3, -0.25) is 9.59 Å². The van der Waals surface area contributed by atoms with Gasteiger partial charge in [-0.1, -0.05) is 40.0 Å². The molecular formula is C13H24O2. The van der Waals surface area contributed by atoms with Gasteiger partial charge in [0.2, 0.25) is 0 Å². The fourth-order valence-electron chi connectivity index (χ4n) is 1.73. The SMILES string of the molecule is CCCCC(CCC)C(=O)CC(=O)CC. The normalized spacial score (nSPS) is 12.5. The lowest BCUT2D eigenvalue weighted by Crippen LogP contribution is -2.18. The third-order valence-corrected chi connectivity index (χ3v) is 2.76. The molecule has 0 aliphatic carbocycles. The predicted octanol–water partition coefficient (Wildman–Crippen LogP) is 3.53. The van der Waals surface area contributed by atoms with Crippen molar-refractivity contribution in [3.8, 4) is 0 Å². The van der Waals surface area contributed by atoms with Crippen LogP contribution in [0.1, 0.15) is 65.7 Å². The Morgan fingerprint density at radius 1 is 1.00 bits per heavy atom. The first-order valence-corrected chi connectivity index (χ1v) is 6.20. The zero-order chi connectivity index (χ0) is 11.7. The third-order valence-electron chi connectivity index (χ3n) is 2.76. The van der Waals surface area contributed by atoms with Crippen molar-refractivity contribution in [3.63, 3.8) is 0 Å². The van der Waals surface area contributed by atoms with Gasteiger partial charge in [0.15, 0.2) is 0 Å². The maximum Gasteiger partial charge on any atom is 0.143 e. The minimum Gasteiger partial charge on any atom is -0.299 e. The topological polar surface area (TPSA) is 34.1 Å². The molecule has 2 heteroatoms. The van der Waals surface area contributed by atoms with Crippen molar-refractivity contribution in [2.24, 2.45) is 5.92 Å². The molecule has 0 aromatic rings. The predicted molar refractivity (Wildman–Crippen MR) is 62.8 cm³/mol. The molecule has 88 valence electrons. The maximum atomic E-state index is 11.8. The van der Waals surface area contributed by atoms with Crippen LogP contribution >= 0.6 is 0 Å². The zero-order valence-electron chi connectivity index (χ0n) is 10.3. The molecule has 0 saturated carbocycles. The first-order valence-electron chi connectivity index (χ1n) is 6.20. The second-order valence-corrected chi connectivity index (χ2v) is 4.16. The Morgan fingerprint density at radius 2 is 1.67 bits per heavy atom. The van der Waals surface area contributed by atoms with E-state index in [1.165, 1.54) is 0 Å². The van der Waals surface area contributed by atoms with Crippen molar-refractivity contribution in [2.45, 2.75) is 65.7 Å². The van der Waals surface area contributed by atoms with E-state index in [1.54, 1.807) is 0 Å². The van der Waals surface area contributed by atoms with Crippen LogP contribution in [-0.4, -0.2) is 11.6 Å². The molecule has 15 heavy (non-hydrogen) atoms. The Hall–Kier alpha value is -0.660. The van der Waals surface area contributed by atoms with Gasteiger partial charge >= 0.3 is 0 Å². The van der Waals surface area contributed by atoms with Gasteiger partial charge in [0, 0.05) is 12.3 Å². The molecule has 0 fully saturated rings. The van der Waals surface area contributed by atoms with Crippen LogP contribution in [0.15, 0.2) is 0 Å². The molecule has 0 aromatic heterocycles. The molecule has 0 saturated heterocycles. The molecule has 0 aromatic carbocycles. The number of rotatable bonds is 9. The summed E-state index contributed by atoms with van der Waals surface area (Å²) in [5.74, 6) is 0.375. The van der Waals surface area contributed by atoms with Gasteiger partial charge in [-0.05, 0) is 12.8 Å². The minimum atomic E-state index is 0.0811. The number of hydrogen-bond acceptors (Lipinski definition) is 2. The summed E-state index contributed by atoms with van der Waals surface area (Å²) in [5, 5.41) is 0. The monoisotopic (exact) mass is 212 g/mol. The van der Waals surface area contributed by atoms with Gasteiger partial charge in [0.25, 0.3) is 0 Å². The number of hydrogen-bond donors (Lipinski definition) is 0. The second-order valence-electron chi connectivity index (χ2n) is 4.16. The molecule has 0 amide bonds. The van der Waals surface area contributed by atoms with Crippen LogP contribution < -0.4 is 0 Å². The van der Waals surface area contributed by atoms with Crippen molar-refractivity contribution in [2.75, 3.05) is 0 Å². The molecule has 0 radical (unpaired) electrons. The Morgan fingerprint density at radius 3 is 2.13 bits per heavy atom. The fraction of sp³-hybridized carbons (Fsp3) is 0.846. The molecule has 0 bridgehead atoms. The van der Waals surface area contributed by atoms with E-state index in [9.17, 15) is 9.59 Å². The minimum absolute atomic E-state index is 0.0811. The van der Waals surface area contributed by atoms with Gasteiger partial charge in [0.05, 0.1) is 6.42 Å². The smallest absolute Gasteiger partial charge is 0.143 e. The number of carbonyl (C=O) groups excluding carboxylic acids is 2. The Balaban J connectivity index is 4.09. The van der Waals surface area contributed by atoms with Gasteiger partial charge < -0.3 is 0 Å². The summed E-state index contributed by atoms with van der Waals surface area (Å²) >= 11 is 0. The molecule has 2 nitrogen and oxygen atoms in total. The van der Waals surface area contributed by atoms with E-state index in [-0.39, 0.29) is 23.9 Å². The lowest BCUT2D eigenvalue weighted by molar-refractivity contribution is -0.129. The number of Topliss-reactive ketones (excluding diaryl/α,β-unsaturated/α-hetero) is 2. The second kappa shape index (κ2) is 8.63. The maximum absolute atomic E-state index is 11.8. The standard InChI is InChI=1S/C13H24O2/c1-4-7-9-11(8-5-2)13(15)10-12(14)6-3/h11H,4-10H2,1-3H3.